The number of carbonyl (C=O) groups is 2. The van der Waals surface area contributed by atoms with E-state index in [1.165, 1.54) is 14.2 Å². The lowest BCUT2D eigenvalue weighted by Crippen LogP contribution is -2.32. The molecule has 0 saturated carbocycles. The summed E-state index contributed by atoms with van der Waals surface area (Å²) >= 11 is 0. The maximum absolute atomic E-state index is 12.7. The number of hydrogen-bond donors (Lipinski definition) is 1. The summed E-state index contributed by atoms with van der Waals surface area (Å²) in [7, 11) is 2.64. The molecule has 0 saturated heterocycles. The van der Waals surface area contributed by atoms with Crippen LogP contribution in [0.4, 0.5) is 0 Å². The molecule has 34 heavy (non-hydrogen) atoms. The summed E-state index contributed by atoms with van der Waals surface area (Å²) in [6.07, 6.45) is 0. The second kappa shape index (κ2) is 9.24. The largest absolute Gasteiger partial charge is 0.466 e. The van der Waals surface area contributed by atoms with Gasteiger partial charge in [0.2, 0.25) is 0 Å². The molecule has 0 aliphatic carbocycles. The van der Waals surface area contributed by atoms with Crippen molar-refractivity contribution >= 4 is 22.7 Å². The zero-order chi connectivity index (χ0) is 24.4. The third-order valence-corrected chi connectivity index (χ3v) is 6.17. The number of dihydropyridines is 1. The van der Waals surface area contributed by atoms with Gasteiger partial charge >= 0.3 is 11.9 Å². The van der Waals surface area contributed by atoms with E-state index in [0.29, 0.717) is 28.1 Å². The van der Waals surface area contributed by atoms with E-state index < -0.39 is 17.9 Å². The van der Waals surface area contributed by atoms with Gasteiger partial charge < -0.3 is 14.8 Å². The van der Waals surface area contributed by atoms with Crippen molar-refractivity contribution in [3.8, 4) is 17.2 Å². The van der Waals surface area contributed by atoms with Crippen LogP contribution in [0.1, 0.15) is 30.9 Å². The predicted octanol–water partition coefficient (Wildman–Crippen LogP) is 4.96. The van der Waals surface area contributed by atoms with Gasteiger partial charge in [0.15, 0.2) is 0 Å². The van der Waals surface area contributed by atoms with Gasteiger partial charge in [-0.1, -0.05) is 54.6 Å². The summed E-state index contributed by atoms with van der Waals surface area (Å²) in [6.45, 7) is 3.57. The van der Waals surface area contributed by atoms with E-state index in [9.17, 15) is 14.9 Å². The van der Waals surface area contributed by atoms with Crippen LogP contribution < -0.4 is 5.32 Å². The molecule has 1 aliphatic heterocycles. The molecular weight excluding hydrogens is 428 g/mol. The first-order chi connectivity index (χ1) is 16.4. The average molecular weight is 453 g/mol. The Hall–Kier alpha value is -4.37. The Bertz CT molecular complexity index is 1370. The number of carbonyl (C=O) groups excluding carboxylic acids is 2. The number of methoxy groups -OCH3 is 2. The Balaban J connectivity index is 1.85. The number of nitriles is 1. The van der Waals surface area contributed by atoms with Crippen LogP contribution in [0.3, 0.4) is 0 Å². The van der Waals surface area contributed by atoms with Gasteiger partial charge in [0.25, 0.3) is 0 Å². The highest BCUT2D eigenvalue weighted by Gasteiger charge is 2.37. The number of benzene rings is 3. The third-order valence-electron chi connectivity index (χ3n) is 6.17. The molecular formula is C28H24N2O4. The Morgan fingerprint density at radius 3 is 1.91 bits per heavy atom. The van der Waals surface area contributed by atoms with E-state index in [2.05, 4.69) is 11.4 Å². The number of allylic oxidation sites excluding steroid dienone is 2. The molecule has 1 aliphatic rings. The van der Waals surface area contributed by atoms with Crippen molar-refractivity contribution in [2.45, 2.75) is 19.8 Å². The molecule has 1 N–H and O–H groups in total. The molecule has 6 nitrogen and oxygen atoms in total. The van der Waals surface area contributed by atoms with Gasteiger partial charge in [0.1, 0.15) is 0 Å². The maximum Gasteiger partial charge on any atom is 0.336 e. The SMILES string of the molecule is COC(=O)C1=C(C)NC(C)=C(C(=O)OC)C1c1ccc(-c2ccc(C#N)c3ccccc23)cc1. The lowest BCUT2D eigenvalue weighted by atomic mass is 9.80. The minimum absolute atomic E-state index is 0.366. The lowest BCUT2D eigenvalue weighted by molar-refractivity contribution is -0.137. The molecule has 4 rings (SSSR count). The molecule has 3 aromatic rings. The van der Waals surface area contributed by atoms with Crippen LogP contribution in [-0.4, -0.2) is 26.2 Å². The molecule has 0 aromatic heterocycles. The van der Waals surface area contributed by atoms with Crippen molar-refractivity contribution in [1.82, 2.24) is 5.32 Å². The molecule has 0 unspecified atom stereocenters. The molecule has 170 valence electrons. The van der Waals surface area contributed by atoms with Crippen molar-refractivity contribution in [2.24, 2.45) is 0 Å². The quantitative estimate of drug-likeness (QED) is 0.563. The van der Waals surface area contributed by atoms with Gasteiger partial charge in [0, 0.05) is 16.8 Å². The Morgan fingerprint density at radius 1 is 0.824 bits per heavy atom. The summed E-state index contributed by atoms with van der Waals surface area (Å²) in [6, 6.07) is 21.5. The first-order valence-electron chi connectivity index (χ1n) is 10.8. The molecule has 0 radical (unpaired) electrons. The fraction of sp³-hybridized carbons (Fsp3) is 0.179. The molecule has 0 spiro atoms. The van der Waals surface area contributed by atoms with Crippen LogP contribution in [0.25, 0.3) is 21.9 Å². The first kappa shape index (κ1) is 22.8. The number of rotatable bonds is 4. The molecule has 3 aromatic carbocycles. The first-order valence-corrected chi connectivity index (χ1v) is 10.8. The van der Waals surface area contributed by atoms with E-state index in [4.69, 9.17) is 9.47 Å². The van der Waals surface area contributed by atoms with Crippen LogP contribution in [0, 0.1) is 11.3 Å². The summed E-state index contributed by atoms with van der Waals surface area (Å²) in [5.74, 6) is -1.65. The summed E-state index contributed by atoms with van der Waals surface area (Å²) in [5.41, 5.74) is 5.33. The zero-order valence-electron chi connectivity index (χ0n) is 19.4. The van der Waals surface area contributed by atoms with Crippen molar-refractivity contribution in [2.75, 3.05) is 14.2 Å². The number of esters is 2. The van der Waals surface area contributed by atoms with E-state index in [1.807, 2.05) is 60.7 Å². The molecule has 0 atom stereocenters. The summed E-state index contributed by atoms with van der Waals surface area (Å²) < 4.78 is 10.1. The van der Waals surface area contributed by atoms with Gasteiger partial charge in [-0.05, 0) is 42.0 Å². The fourth-order valence-electron chi connectivity index (χ4n) is 4.59. The van der Waals surface area contributed by atoms with Crippen LogP contribution in [0.5, 0.6) is 0 Å². The van der Waals surface area contributed by atoms with Crippen LogP contribution in [-0.2, 0) is 19.1 Å². The van der Waals surface area contributed by atoms with Gasteiger partial charge in [-0.15, -0.1) is 0 Å². The van der Waals surface area contributed by atoms with Crippen LogP contribution in [0.15, 0.2) is 83.2 Å². The lowest BCUT2D eigenvalue weighted by Gasteiger charge is -2.30. The highest BCUT2D eigenvalue weighted by atomic mass is 16.5. The van der Waals surface area contributed by atoms with Gasteiger partial charge in [-0.2, -0.15) is 5.26 Å². The van der Waals surface area contributed by atoms with Crippen molar-refractivity contribution in [3.63, 3.8) is 0 Å². The standard InChI is InChI=1S/C28H24N2O4/c1-16-24(27(31)33-3)26(25(17(2)30-16)28(32)34-4)19-11-9-18(10-12-19)22-14-13-20(15-29)21-7-5-6-8-23(21)22/h5-14,26,30H,1-4H3. The van der Waals surface area contributed by atoms with Crippen molar-refractivity contribution in [1.29, 1.82) is 5.26 Å². The number of hydrogen-bond acceptors (Lipinski definition) is 6. The molecule has 1 heterocycles. The Labute approximate surface area is 198 Å². The van der Waals surface area contributed by atoms with E-state index in [1.54, 1.807) is 13.8 Å². The number of nitrogens with one attached hydrogen (secondary N) is 1. The second-order valence-electron chi connectivity index (χ2n) is 8.06. The van der Waals surface area contributed by atoms with Crippen molar-refractivity contribution in [3.05, 3.63) is 94.3 Å². The molecule has 0 fully saturated rings. The fourth-order valence-corrected chi connectivity index (χ4v) is 4.59. The maximum atomic E-state index is 12.7. The number of nitrogens with zero attached hydrogens (tertiary/aromatic N) is 1. The number of ether oxygens (including phenoxy) is 2. The summed E-state index contributed by atoms with van der Waals surface area (Å²) in [4.78, 5) is 25.4. The number of fused-ring (bicyclic) bond motifs is 1. The minimum atomic E-state index is -0.632. The molecule has 0 bridgehead atoms. The Kier molecular flexibility index (Phi) is 6.20. The third kappa shape index (κ3) is 3.82. The average Bonchev–Trinajstić information content (AvgIpc) is 2.87. The molecule has 0 amide bonds. The normalized spacial score (nSPS) is 14.0. The van der Waals surface area contributed by atoms with E-state index in [0.717, 1.165) is 27.5 Å². The van der Waals surface area contributed by atoms with Gasteiger partial charge in [-0.25, -0.2) is 9.59 Å². The van der Waals surface area contributed by atoms with E-state index >= 15 is 0 Å². The highest BCUT2D eigenvalue weighted by molar-refractivity contribution is 6.01. The predicted molar refractivity (Wildman–Crippen MR) is 129 cm³/mol. The molecule has 6 heteroatoms. The van der Waals surface area contributed by atoms with Crippen LogP contribution in [0.2, 0.25) is 0 Å². The minimum Gasteiger partial charge on any atom is -0.466 e. The topological polar surface area (TPSA) is 88.4 Å². The summed E-state index contributed by atoms with van der Waals surface area (Å²) in [5, 5.41) is 14.4. The van der Waals surface area contributed by atoms with Crippen LogP contribution >= 0.6 is 0 Å². The zero-order valence-corrected chi connectivity index (χ0v) is 19.4. The van der Waals surface area contributed by atoms with E-state index in [-0.39, 0.29) is 0 Å². The smallest absolute Gasteiger partial charge is 0.336 e. The van der Waals surface area contributed by atoms with Gasteiger partial charge in [-0.3, -0.25) is 0 Å². The monoisotopic (exact) mass is 452 g/mol. The van der Waals surface area contributed by atoms with Crippen molar-refractivity contribution < 1.29 is 19.1 Å². The second-order valence-corrected chi connectivity index (χ2v) is 8.06. The highest BCUT2D eigenvalue weighted by Crippen LogP contribution is 2.40. The Morgan fingerprint density at radius 2 is 1.38 bits per heavy atom. The van der Waals surface area contributed by atoms with Gasteiger partial charge in [0.05, 0.1) is 42.9 Å².